The SMILES string of the molecule is Nc1ccc(-c2ccnc(Nc3ccc(F)cc3)n2)cc1C(=O)C1=CNCC=C1. The van der Waals surface area contributed by atoms with Gasteiger partial charge in [-0.25, -0.2) is 14.4 Å². The van der Waals surface area contributed by atoms with Crippen molar-refractivity contribution in [2.45, 2.75) is 0 Å². The molecule has 0 amide bonds. The minimum atomic E-state index is -0.317. The Morgan fingerprint density at radius 1 is 1.14 bits per heavy atom. The number of hydrogen-bond acceptors (Lipinski definition) is 6. The summed E-state index contributed by atoms with van der Waals surface area (Å²) in [5, 5.41) is 6.06. The number of nitrogens with one attached hydrogen (secondary N) is 2. The monoisotopic (exact) mass is 387 g/mol. The van der Waals surface area contributed by atoms with Gasteiger partial charge in [-0.15, -0.1) is 0 Å². The standard InChI is InChI=1S/C22H18FN5O/c23-16-4-6-17(7-5-16)27-22-26-11-9-20(28-22)14-3-8-19(24)18(12-14)21(29)15-2-1-10-25-13-15/h1-9,11-13,25H,10,24H2,(H,26,27,28). The lowest BCUT2D eigenvalue weighted by Gasteiger charge is -2.11. The molecule has 2 heterocycles. The average molecular weight is 387 g/mol. The molecule has 0 saturated heterocycles. The maximum Gasteiger partial charge on any atom is 0.227 e. The molecule has 0 fully saturated rings. The van der Waals surface area contributed by atoms with E-state index in [0.29, 0.717) is 40.7 Å². The number of aromatic nitrogens is 2. The van der Waals surface area contributed by atoms with E-state index in [-0.39, 0.29) is 11.6 Å². The zero-order chi connectivity index (χ0) is 20.2. The van der Waals surface area contributed by atoms with Crippen molar-refractivity contribution in [1.29, 1.82) is 0 Å². The predicted molar refractivity (Wildman–Crippen MR) is 111 cm³/mol. The zero-order valence-electron chi connectivity index (χ0n) is 15.4. The average Bonchev–Trinajstić information content (AvgIpc) is 2.76. The van der Waals surface area contributed by atoms with Gasteiger partial charge in [0, 0.05) is 47.0 Å². The number of nitrogen functional groups attached to an aromatic ring is 1. The number of ketones is 1. The molecular formula is C22H18FN5O. The number of Topliss-reactive ketones (excluding diaryl/α,β-unsaturated/α-hetero) is 1. The maximum atomic E-state index is 13.1. The summed E-state index contributed by atoms with van der Waals surface area (Å²) >= 11 is 0. The summed E-state index contributed by atoms with van der Waals surface area (Å²) in [7, 11) is 0. The summed E-state index contributed by atoms with van der Waals surface area (Å²) in [6.45, 7) is 0.692. The van der Waals surface area contributed by atoms with Crippen LogP contribution in [0.25, 0.3) is 11.3 Å². The quantitative estimate of drug-likeness (QED) is 0.455. The van der Waals surface area contributed by atoms with Crippen molar-refractivity contribution in [2.24, 2.45) is 0 Å². The second-order valence-electron chi connectivity index (χ2n) is 6.44. The smallest absolute Gasteiger partial charge is 0.227 e. The minimum Gasteiger partial charge on any atom is -0.398 e. The molecule has 0 spiro atoms. The third-order valence-corrected chi connectivity index (χ3v) is 4.40. The van der Waals surface area contributed by atoms with Gasteiger partial charge in [0.2, 0.25) is 5.95 Å². The van der Waals surface area contributed by atoms with Crippen molar-refractivity contribution >= 4 is 23.1 Å². The Hall–Kier alpha value is -4.00. The fraction of sp³-hybridized carbons (Fsp3) is 0.0455. The van der Waals surface area contributed by atoms with Crippen LogP contribution >= 0.6 is 0 Å². The van der Waals surface area contributed by atoms with Gasteiger partial charge >= 0.3 is 0 Å². The zero-order valence-corrected chi connectivity index (χ0v) is 15.4. The van der Waals surface area contributed by atoms with E-state index in [4.69, 9.17) is 5.73 Å². The molecule has 1 aromatic heterocycles. The lowest BCUT2D eigenvalue weighted by molar-refractivity contribution is 0.103. The van der Waals surface area contributed by atoms with E-state index in [1.165, 1.54) is 12.1 Å². The fourth-order valence-corrected chi connectivity index (χ4v) is 2.92. The van der Waals surface area contributed by atoms with Crippen LogP contribution in [0.1, 0.15) is 10.4 Å². The number of hydrogen-bond donors (Lipinski definition) is 3. The van der Waals surface area contributed by atoms with E-state index in [9.17, 15) is 9.18 Å². The highest BCUT2D eigenvalue weighted by atomic mass is 19.1. The number of carbonyl (C=O) groups excluding carboxylic acids is 1. The first kappa shape index (κ1) is 18.4. The Bertz CT molecular complexity index is 1120. The molecule has 1 aliphatic heterocycles. The van der Waals surface area contributed by atoms with Gasteiger partial charge in [0.05, 0.1) is 5.69 Å². The number of nitrogens with two attached hydrogens (primary N) is 1. The number of halogens is 1. The molecule has 0 saturated carbocycles. The molecule has 0 bridgehead atoms. The van der Waals surface area contributed by atoms with Gasteiger partial charge in [0.1, 0.15) is 5.82 Å². The first-order valence-corrected chi connectivity index (χ1v) is 9.00. The number of allylic oxidation sites excluding steroid dienone is 2. The third kappa shape index (κ3) is 4.14. The molecule has 7 heteroatoms. The van der Waals surface area contributed by atoms with Crippen LogP contribution in [-0.2, 0) is 0 Å². The lowest BCUT2D eigenvalue weighted by atomic mass is 9.98. The summed E-state index contributed by atoms with van der Waals surface area (Å²) < 4.78 is 13.1. The van der Waals surface area contributed by atoms with Crippen LogP contribution in [0.4, 0.5) is 21.7 Å². The molecule has 1 aliphatic rings. The summed E-state index contributed by atoms with van der Waals surface area (Å²) in [4.78, 5) is 21.5. The van der Waals surface area contributed by atoms with E-state index < -0.39 is 0 Å². The normalized spacial score (nSPS) is 12.8. The Labute approximate surface area is 167 Å². The number of rotatable bonds is 5. The Morgan fingerprint density at radius 2 is 1.97 bits per heavy atom. The van der Waals surface area contributed by atoms with Gasteiger partial charge in [-0.1, -0.05) is 18.2 Å². The number of carbonyl (C=O) groups is 1. The molecule has 0 unspecified atom stereocenters. The van der Waals surface area contributed by atoms with E-state index in [1.807, 2.05) is 6.08 Å². The lowest BCUT2D eigenvalue weighted by Crippen LogP contribution is -2.15. The van der Waals surface area contributed by atoms with Crippen LogP contribution in [-0.4, -0.2) is 22.3 Å². The van der Waals surface area contributed by atoms with Crippen molar-refractivity contribution in [3.05, 3.63) is 90.0 Å². The Balaban J connectivity index is 1.63. The first-order valence-electron chi connectivity index (χ1n) is 9.00. The van der Waals surface area contributed by atoms with Crippen LogP contribution in [0.2, 0.25) is 0 Å². The molecular weight excluding hydrogens is 369 g/mol. The Morgan fingerprint density at radius 3 is 2.72 bits per heavy atom. The molecule has 4 rings (SSSR count). The number of dihydropyridines is 1. The molecule has 3 aromatic rings. The van der Waals surface area contributed by atoms with Crippen LogP contribution in [0.5, 0.6) is 0 Å². The van der Waals surface area contributed by atoms with Crippen LogP contribution in [0.3, 0.4) is 0 Å². The van der Waals surface area contributed by atoms with Crippen molar-refractivity contribution in [2.75, 3.05) is 17.6 Å². The van der Waals surface area contributed by atoms with Crippen LogP contribution in [0.15, 0.2) is 78.7 Å². The highest BCUT2D eigenvalue weighted by Crippen LogP contribution is 2.26. The Kier molecular flexibility index (Phi) is 5.03. The van der Waals surface area contributed by atoms with Crippen LogP contribution < -0.4 is 16.4 Å². The minimum absolute atomic E-state index is 0.161. The predicted octanol–water partition coefficient (Wildman–Crippen LogP) is 3.83. The molecule has 6 nitrogen and oxygen atoms in total. The van der Waals surface area contributed by atoms with E-state index in [2.05, 4.69) is 20.6 Å². The molecule has 2 aromatic carbocycles. The van der Waals surface area contributed by atoms with Crippen LogP contribution in [0, 0.1) is 5.82 Å². The van der Waals surface area contributed by atoms with Crippen molar-refractivity contribution in [3.8, 4) is 11.3 Å². The van der Waals surface area contributed by atoms with Gasteiger partial charge in [0.15, 0.2) is 5.78 Å². The second-order valence-corrected chi connectivity index (χ2v) is 6.44. The topological polar surface area (TPSA) is 92.9 Å². The largest absolute Gasteiger partial charge is 0.398 e. The summed E-state index contributed by atoms with van der Waals surface area (Å²) in [6, 6.07) is 12.9. The molecule has 144 valence electrons. The van der Waals surface area contributed by atoms with Gasteiger partial charge in [-0.05, 0) is 42.5 Å². The van der Waals surface area contributed by atoms with Crippen molar-refractivity contribution in [1.82, 2.24) is 15.3 Å². The first-order chi connectivity index (χ1) is 14.1. The molecule has 4 N–H and O–H groups in total. The highest BCUT2D eigenvalue weighted by molar-refractivity contribution is 6.14. The van der Waals surface area contributed by atoms with Crippen molar-refractivity contribution < 1.29 is 9.18 Å². The highest BCUT2D eigenvalue weighted by Gasteiger charge is 2.16. The third-order valence-electron chi connectivity index (χ3n) is 4.40. The molecule has 0 atom stereocenters. The number of benzene rings is 2. The fourth-order valence-electron chi connectivity index (χ4n) is 2.92. The molecule has 0 aliphatic carbocycles. The van der Waals surface area contributed by atoms with Crippen molar-refractivity contribution in [3.63, 3.8) is 0 Å². The van der Waals surface area contributed by atoms with E-state index >= 15 is 0 Å². The molecule has 0 radical (unpaired) electrons. The van der Waals surface area contributed by atoms with Gasteiger partial charge in [-0.3, -0.25) is 4.79 Å². The second kappa shape index (κ2) is 7.93. The summed E-state index contributed by atoms with van der Waals surface area (Å²) in [5.74, 6) is -0.116. The number of nitrogens with zero attached hydrogens (tertiary/aromatic N) is 2. The van der Waals surface area contributed by atoms with E-state index in [1.54, 1.807) is 54.9 Å². The van der Waals surface area contributed by atoms with E-state index in [0.717, 1.165) is 5.56 Å². The number of anilines is 3. The van der Waals surface area contributed by atoms with Gasteiger partial charge in [0.25, 0.3) is 0 Å². The van der Waals surface area contributed by atoms with Gasteiger partial charge < -0.3 is 16.4 Å². The molecule has 29 heavy (non-hydrogen) atoms. The van der Waals surface area contributed by atoms with Gasteiger partial charge in [-0.2, -0.15) is 0 Å². The maximum absolute atomic E-state index is 13.1. The summed E-state index contributed by atoms with van der Waals surface area (Å²) in [6.07, 6.45) is 6.96. The summed E-state index contributed by atoms with van der Waals surface area (Å²) in [5.41, 5.74) is 9.44.